The minimum absolute atomic E-state index is 0.299. The number of halogens is 3. The zero-order valence-corrected chi connectivity index (χ0v) is 11.9. The van der Waals surface area contributed by atoms with Crippen LogP contribution in [0.2, 0.25) is 0 Å². The molecule has 0 bridgehead atoms. The van der Waals surface area contributed by atoms with Crippen LogP contribution in [0.1, 0.15) is 17.2 Å². The van der Waals surface area contributed by atoms with E-state index in [0.717, 1.165) is 16.1 Å². The zero-order valence-electron chi connectivity index (χ0n) is 10.3. The second-order valence-electron chi connectivity index (χ2n) is 4.20. The van der Waals surface area contributed by atoms with Crippen molar-refractivity contribution in [1.82, 2.24) is 10.3 Å². The Morgan fingerprint density at radius 2 is 2.11 bits per heavy atom. The quantitative estimate of drug-likeness (QED) is 0.928. The first-order valence-electron chi connectivity index (χ1n) is 5.82. The highest BCUT2D eigenvalue weighted by Crippen LogP contribution is 2.23. The van der Waals surface area contributed by atoms with Crippen LogP contribution in [0.5, 0.6) is 0 Å². The van der Waals surface area contributed by atoms with Gasteiger partial charge in [0.15, 0.2) is 11.6 Å². The lowest BCUT2D eigenvalue weighted by atomic mass is 9.99. The summed E-state index contributed by atoms with van der Waals surface area (Å²) in [5, 5.41) is 3.00. The Labute approximate surface area is 119 Å². The number of benzene rings is 1. The van der Waals surface area contributed by atoms with Crippen molar-refractivity contribution in [2.24, 2.45) is 0 Å². The summed E-state index contributed by atoms with van der Waals surface area (Å²) < 4.78 is 27.9. The lowest BCUT2D eigenvalue weighted by molar-refractivity contribution is 0.473. The van der Waals surface area contributed by atoms with E-state index >= 15 is 0 Å². The number of likely N-dealkylation sites (N-methyl/N-ethyl adjacent to an activating group) is 1. The van der Waals surface area contributed by atoms with Crippen molar-refractivity contribution in [3.8, 4) is 0 Å². The highest BCUT2D eigenvalue weighted by Gasteiger charge is 2.17. The Bertz CT molecular complexity index is 575. The molecule has 0 aliphatic heterocycles. The van der Waals surface area contributed by atoms with Crippen LogP contribution >= 0.6 is 15.9 Å². The van der Waals surface area contributed by atoms with E-state index in [9.17, 15) is 8.78 Å². The third kappa shape index (κ3) is 3.36. The van der Waals surface area contributed by atoms with Gasteiger partial charge in [-0.3, -0.25) is 4.98 Å². The molecule has 0 aliphatic rings. The first-order valence-corrected chi connectivity index (χ1v) is 6.61. The van der Waals surface area contributed by atoms with Crippen molar-refractivity contribution in [2.75, 3.05) is 7.05 Å². The summed E-state index contributed by atoms with van der Waals surface area (Å²) in [6.45, 7) is 0. The molecule has 1 aromatic heterocycles. The SMILES string of the molecule is CNC(Cc1cncc(Br)c1)c1cccc(F)c1F. The molecule has 0 aliphatic carbocycles. The molecule has 0 saturated heterocycles. The summed E-state index contributed by atoms with van der Waals surface area (Å²) in [5.41, 5.74) is 1.26. The van der Waals surface area contributed by atoms with Gasteiger partial charge in [-0.05, 0) is 47.1 Å². The zero-order chi connectivity index (χ0) is 13.8. The van der Waals surface area contributed by atoms with E-state index in [2.05, 4.69) is 26.2 Å². The first-order chi connectivity index (χ1) is 9.11. The molecule has 0 radical (unpaired) electrons. The van der Waals surface area contributed by atoms with Crippen LogP contribution in [0.4, 0.5) is 8.78 Å². The van der Waals surface area contributed by atoms with Crippen molar-refractivity contribution < 1.29 is 8.78 Å². The van der Waals surface area contributed by atoms with Gasteiger partial charge in [0, 0.05) is 28.5 Å². The standard InChI is InChI=1S/C14H13BrF2N2/c1-18-13(6-9-5-10(15)8-19-7-9)11-3-2-4-12(16)14(11)17/h2-5,7-8,13,18H,6H2,1H3. The van der Waals surface area contributed by atoms with E-state index in [1.54, 1.807) is 25.5 Å². The number of pyridine rings is 1. The van der Waals surface area contributed by atoms with Gasteiger partial charge in [-0.25, -0.2) is 8.78 Å². The van der Waals surface area contributed by atoms with E-state index in [1.165, 1.54) is 6.07 Å². The number of aromatic nitrogens is 1. The van der Waals surface area contributed by atoms with Crippen molar-refractivity contribution >= 4 is 15.9 Å². The van der Waals surface area contributed by atoms with Crippen molar-refractivity contribution in [3.63, 3.8) is 0 Å². The molecule has 2 rings (SSSR count). The second kappa shape index (κ2) is 6.21. The Hall–Kier alpha value is -1.33. The average Bonchev–Trinajstić information content (AvgIpc) is 2.40. The molecule has 1 N–H and O–H groups in total. The molecule has 19 heavy (non-hydrogen) atoms. The number of hydrogen-bond donors (Lipinski definition) is 1. The van der Waals surface area contributed by atoms with Gasteiger partial charge < -0.3 is 5.32 Å². The van der Waals surface area contributed by atoms with E-state index in [-0.39, 0.29) is 6.04 Å². The number of nitrogens with zero attached hydrogens (tertiary/aromatic N) is 1. The van der Waals surface area contributed by atoms with E-state index in [0.29, 0.717) is 12.0 Å². The number of nitrogens with one attached hydrogen (secondary N) is 1. The predicted molar refractivity (Wildman–Crippen MR) is 73.8 cm³/mol. The van der Waals surface area contributed by atoms with Gasteiger partial charge in [0.25, 0.3) is 0 Å². The van der Waals surface area contributed by atoms with Crippen LogP contribution in [0.25, 0.3) is 0 Å². The van der Waals surface area contributed by atoms with Crippen molar-refractivity contribution in [3.05, 3.63) is 63.9 Å². The van der Waals surface area contributed by atoms with Crippen LogP contribution in [-0.4, -0.2) is 12.0 Å². The van der Waals surface area contributed by atoms with E-state index in [1.807, 2.05) is 6.07 Å². The highest BCUT2D eigenvalue weighted by molar-refractivity contribution is 9.10. The maximum absolute atomic E-state index is 13.8. The molecule has 1 unspecified atom stereocenters. The monoisotopic (exact) mass is 326 g/mol. The molecule has 5 heteroatoms. The maximum atomic E-state index is 13.8. The minimum atomic E-state index is -0.829. The molecule has 1 aromatic carbocycles. The Morgan fingerprint density at radius 3 is 2.79 bits per heavy atom. The number of rotatable bonds is 4. The first kappa shape index (κ1) is 14.1. The predicted octanol–water partition coefficient (Wildman–Crippen LogP) is 3.63. The van der Waals surface area contributed by atoms with Crippen molar-refractivity contribution in [2.45, 2.75) is 12.5 Å². The van der Waals surface area contributed by atoms with Crippen molar-refractivity contribution in [1.29, 1.82) is 0 Å². The van der Waals surface area contributed by atoms with E-state index < -0.39 is 11.6 Å². The highest BCUT2D eigenvalue weighted by atomic mass is 79.9. The molecule has 0 amide bonds. The maximum Gasteiger partial charge on any atom is 0.163 e. The molecule has 0 fully saturated rings. The third-order valence-corrected chi connectivity index (χ3v) is 3.34. The van der Waals surface area contributed by atoms with Crippen LogP contribution in [0, 0.1) is 11.6 Å². The summed E-state index contributed by atoms with van der Waals surface area (Å²) in [6.07, 6.45) is 3.93. The van der Waals surface area contributed by atoms with Gasteiger partial charge in [0.2, 0.25) is 0 Å². The summed E-state index contributed by atoms with van der Waals surface area (Å²) in [5.74, 6) is -1.63. The van der Waals surface area contributed by atoms with Crippen LogP contribution in [0.3, 0.4) is 0 Å². The average molecular weight is 327 g/mol. The van der Waals surface area contributed by atoms with Crippen LogP contribution in [-0.2, 0) is 6.42 Å². The molecule has 0 saturated carbocycles. The summed E-state index contributed by atoms with van der Waals surface area (Å²) in [7, 11) is 1.72. The van der Waals surface area contributed by atoms with Gasteiger partial charge >= 0.3 is 0 Å². The van der Waals surface area contributed by atoms with E-state index in [4.69, 9.17) is 0 Å². The largest absolute Gasteiger partial charge is 0.313 e. The molecule has 0 spiro atoms. The molecular weight excluding hydrogens is 314 g/mol. The Balaban J connectivity index is 2.28. The molecular formula is C14H13BrF2N2. The second-order valence-corrected chi connectivity index (χ2v) is 5.12. The lowest BCUT2D eigenvalue weighted by Crippen LogP contribution is -2.20. The smallest absolute Gasteiger partial charge is 0.163 e. The minimum Gasteiger partial charge on any atom is -0.313 e. The normalized spacial score (nSPS) is 12.4. The summed E-state index contributed by atoms with van der Waals surface area (Å²) >= 11 is 3.34. The molecule has 1 heterocycles. The summed E-state index contributed by atoms with van der Waals surface area (Å²) in [4.78, 5) is 4.06. The third-order valence-electron chi connectivity index (χ3n) is 2.91. The van der Waals surface area contributed by atoms with Gasteiger partial charge in [-0.1, -0.05) is 12.1 Å². The Kier molecular flexibility index (Phi) is 4.61. The number of hydrogen-bond acceptors (Lipinski definition) is 2. The fourth-order valence-electron chi connectivity index (χ4n) is 1.96. The Morgan fingerprint density at radius 1 is 1.32 bits per heavy atom. The fourth-order valence-corrected chi connectivity index (χ4v) is 2.37. The van der Waals surface area contributed by atoms with Gasteiger partial charge in [-0.15, -0.1) is 0 Å². The van der Waals surface area contributed by atoms with Crippen LogP contribution in [0.15, 0.2) is 41.1 Å². The lowest BCUT2D eigenvalue weighted by Gasteiger charge is -2.17. The molecule has 2 nitrogen and oxygen atoms in total. The topological polar surface area (TPSA) is 24.9 Å². The van der Waals surface area contributed by atoms with Crippen LogP contribution < -0.4 is 5.32 Å². The molecule has 100 valence electrons. The molecule has 1 atom stereocenters. The van der Waals surface area contributed by atoms with Gasteiger partial charge in [-0.2, -0.15) is 0 Å². The van der Waals surface area contributed by atoms with Gasteiger partial charge in [0.05, 0.1) is 0 Å². The summed E-state index contributed by atoms with van der Waals surface area (Å²) in [6, 6.07) is 5.83. The fraction of sp³-hybridized carbons (Fsp3) is 0.214. The molecule has 2 aromatic rings. The van der Waals surface area contributed by atoms with Gasteiger partial charge in [0.1, 0.15) is 0 Å².